The molecule has 5 nitrogen and oxygen atoms in total. The normalized spacial score (nSPS) is 26.7. The highest BCUT2D eigenvalue weighted by atomic mass is 16.6. The van der Waals surface area contributed by atoms with Gasteiger partial charge in [-0.15, -0.1) is 0 Å². The van der Waals surface area contributed by atoms with Crippen LogP contribution in [0.15, 0.2) is 0 Å². The maximum Gasteiger partial charge on any atom is 0.410 e. The van der Waals surface area contributed by atoms with E-state index >= 15 is 0 Å². The summed E-state index contributed by atoms with van der Waals surface area (Å²) in [5, 5.41) is 0. The van der Waals surface area contributed by atoms with E-state index in [-0.39, 0.29) is 18.2 Å². The fourth-order valence-electron chi connectivity index (χ4n) is 1.75. The number of ether oxygens (including phenoxy) is 2. The number of piperidine rings is 1. The van der Waals surface area contributed by atoms with E-state index in [9.17, 15) is 4.79 Å². The van der Waals surface area contributed by atoms with Gasteiger partial charge in [-0.05, 0) is 27.2 Å². The zero-order valence-electron chi connectivity index (χ0n) is 10.5. The zero-order chi connectivity index (χ0) is 12.3. The minimum Gasteiger partial charge on any atom is -0.444 e. The molecule has 1 aliphatic rings. The number of carbonyl (C=O) groups excluding carboxylic acids is 1. The number of nitrogens with zero attached hydrogens (tertiary/aromatic N) is 1. The largest absolute Gasteiger partial charge is 0.444 e. The van der Waals surface area contributed by atoms with Gasteiger partial charge in [0.1, 0.15) is 5.60 Å². The first-order chi connectivity index (χ1) is 7.33. The molecule has 0 aliphatic carbocycles. The summed E-state index contributed by atoms with van der Waals surface area (Å²) < 4.78 is 10.5. The Kier molecular flexibility index (Phi) is 4.15. The van der Waals surface area contributed by atoms with E-state index in [2.05, 4.69) is 0 Å². The minimum absolute atomic E-state index is 0.0405. The Bertz CT molecular complexity index is 250. The van der Waals surface area contributed by atoms with Crippen molar-refractivity contribution in [2.75, 3.05) is 20.2 Å². The predicted molar refractivity (Wildman–Crippen MR) is 61.2 cm³/mol. The standard InChI is InChI=1S/C11H22N2O3/c1-11(2,3)16-10(14)13-6-5-9(15-4)8(12)7-13/h8-9H,5-7,12H2,1-4H3/t8-,9-/m0/s1. The molecule has 2 N–H and O–H groups in total. The topological polar surface area (TPSA) is 64.8 Å². The summed E-state index contributed by atoms with van der Waals surface area (Å²) >= 11 is 0. The first kappa shape index (κ1) is 13.3. The van der Waals surface area contributed by atoms with Gasteiger partial charge >= 0.3 is 6.09 Å². The van der Waals surface area contributed by atoms with Gasteiger partial charge in [-0.3, -0.25) is 0 Å². The summed E-state index contributed by atoms with van der Waals surface area (Å²) in [5.74, 6) is 0. The van der Waals surface area contributed by atoms with Gasteiger partial charge in [0.2, 0.25) is 0 Å². The number of likely N-dealkylation sites (tertiary alicyclic amines) is 1. The summed E-state index contributed by atoms with van der Waals surface area (Å²) in [6, 6.07) is -0.133. The number of hydrogen-bond acceptors (Lipinski definition) is 4. The highest BCUT2D eigenvalue weighted by molar-refractivity contribution is 5.68. The third-order valence-corrected chi connectivity index (χ3v) is 2.55. The number of hydrogen-bond donors (Lipinski definition) is 1. The molecule has 1 fully saturated rings. The van der Waals surface area contributed by atoms with Crippen molar-refractivity contribution in [3.8, 4) is 0 Å². The van der Waals surface area contributed by atoms with Crippen LogP contribution in [0.1, 0.15) is 27.2 Å². The molecule has 5 heteroatoms. The second-order valence-corrected chi connectivity index (χ2v) is 5.15. The summed E-state index contributed by atoms with van der Waals surface area (Å²) in [6.07, 6.45) is 0.507. The van der Waals surface area contributed by atoms with Crippen LogP contribution >= 0.6 is 0 Å². The van der Waals surface area contributed by atoms with Crippen molar-refractivity contribution in [2.24, 2.45) is 5.73 Å². The number of methoxy groups -OCH3 is 1. The van der Waals surface area contributed by atoms with Crippen LogP contribution in [-0.2, 0) is 9.47 Å². The molecule has 0 aromatic heterocycles. The Hall–Kier alpha value is -0.810. The summed E-state index contributed by atoms with van der Waals surface area (Å²) in [4.78, 5) is 13.4. The summed E-state index contributed by atoms with van der Waals surface area (Å²) in [5.41, 5.74) is 5.45. The molecule has 2 atom stereocenters. The molecule has 0 saturated carbocycles. The minimum atomic E-state index is -0.459. The average Bonchev–Trinajstić information content (AvgIpc) is 2.15. The molecule has 1 aliphatic heterocycles. The van der Waals surface area contributed by atoms with E-state index < -0.39 is 5.60 Å². The molecule has 1 heterocycles. The molecule has 94 valence electrons. The first-order valence-electron chi connectivity index (χ1n) is 5.60. The zero-order valence-corrected chi connectivity index (χ0v) is 10.5. The SMILES string of the molecule is CO[C@H]1CCN(C(=O)OC(C)(C)C)C[C@@H]1N. The molecule has 0 spiro atoms. The molecule has 0 bridgehead atoms. The van der Waals surface area contributed by atoms with Gasteiger partial charge in [-0.2, -0.15) is 0 Å². The van der Waals surface area contributed by atoms with E-state index in [1.54, 1.807) is 12.0 Å². The van der Waals surface area contributed by atoms with Gasteiger partial charge in [0.05, 0.1) is 6.10 Å². The van der Waals surface area contributed by atoms with Gasteiger partial charge < -0.3 is 20.1 Å². The number of carbonyl (C=O) groups is 1. The quantitative estimate of drug-likeness (QED) is 0.729. The molecule has 0 aromatic rings. The van der Waals surface area contributed by atoms with Crippen LogP contribution in [0.4, 0.5) is 4.79 Å². The fraction of sp³-hybridized carbons (Fsp3) is 0.909. The molecule has 1 rings (SSSR count). The Morgan fingerprint density at radius 1 is 1.44 bits per heavy atom. The van der Waals surface area contributed by atoms with Crippen molar-refractivity contribution < 1.29 is 14.3 Å². The molecular weight excluding hydrogens is 208 g/mol. The lowest BCUT2D eigenvalue weighted by molar-refractivity contribution is -0.00573. The summed E-state index contributed by atoms with van der Waals surface area (Å²) in [6.45, 7) is 6.70. The van der Waals surface area contributed by atoms with Crippen LogP contribution < -0.4 is 5.73 Å². The van der Waals surface area contributed by atoms with E-state index in [0.717, 1.165) is 6.42 Å². The van der Waals surface area contributed by atoms with Gasteiger partial charge in [-0.25, -0.2) is 4.79 Å². The molecule has 0 unspecified atom stereocenters. The molecule has 1 amide bonds. The molecule has 0 aromatic carbocycles. The van der Waals surface area contributed by atoms with Gasteiger partial charge in [0.15, 0.2) is 0 Å². The van der Waals surface area contributed by atoms with E-state index in [0.29, 0.717) is 13.1 Å². The van der Waals surface area contributed by atoms with Crippen molar-refractivity contribution in [1.82, 2.24) is 4.90 Å². The van der Waals surface area contributed by atoms with Crippen LogP contribution in [0, 0.1) is 0 Å². The Balaban J connectivity index is 2.48. The highest BCUT2D eigenvalue weighted by Crippen LogP contribution is 2.16. The number of nitrogens with two attached hydrogens (primary N) is 1. The van der Waals surface area contributed by atoms with Crippen LogP contribution in [0.25, 0.3) is 0 Å². The lowest BCUT2D eigenvalue weighted by Crippen LogP contribution is -2.54. The molecular formula is C11H22N2O3. The summed E-state index contributed by atoms with van der Waals surface area (Å²) in [7, 11) is 1.65. The van der Waals surface area contributed by atoms with Gasteiger partial charge in [0.25, 0.3) is 0 Å². The maximum absolute atomic E-state index is 11.8. The van der Waals surface area contributed by atoms with Crippen molar-refractivity contribution in [3.63, 3.8) is 0 Å². The molecule has 0 radical (unpaired) electrons. The Labute approximate surface area is 96.9 Å². The predicted octanol–water partition coefficient (Wildman–Crippen LogP) is 0.970. The number of rotatable bonds is 1. The second kappa shape index (κ2) is 5.01. The van der Waals surface area contributed by atoms with Gasteiger partial charge in [0, 0.05) is 26.2 Å². The monoisotopic (exact) mass is 230 g/mol. The highest BCUT2D eigenvalue weighted by Gasteiger charge is 2.31. The third kappa shape index (κ3) is 3.64. The molecule has 16 heavy (non-hydrogen) atoms. The Morgan fingerprint density at radius 2 is 2.06 bits per heavy atom. The molecule has 1 saturated heterocycles. The smallest absolute Gasteiger partial charge is 0.410 e. The fourth-order valence-corrected chi connectivity index (χ4v) is 1.75. The van der Waals surface area contributed by atoms with Crippen molar-refractivity contribution in [2.45, 2.75) is 44.9 Å². The van der Waals surface area contributed by atoms with Crippen LogP contribution in [-0.4, -0.2) is 48.9 Å². The van der Waals surface area contributed by atoms with Crippen molar-refractivity contribution >= 4 is 6.09 Å². The van der Waals surface area contributed by atoms with E-state index in [1.807, 2.05) is 20.8 Å². The average molecular weight is 230 g/mol. The van der Waals surface area contributed by atoms with Gasteiger partial charge in [-0.1, -0.05) is 0 Å². The van der Waals surface area contributed by atoms with Crippen LogP contribution in [0.3, 0.4) is 0 Å². The first-order valence-corrected chi connectivity index (χ1v) is 5.60. The van der Waals surface area contributed by atoms with Crippen LogP contribution in [0.2, 0.25) is 0 Å². The van der Waals surface area contributed by atoms with E-state index in [1.165, 1.54) is 0 Å². The lowest BCUT2D eigenvalue weighted by atomic mass is 10.0. The number of amides is 1. The maximum atomic E-state index is 11.8. The Morgan fingerprint density at radius 3 is 2.50 bits per heavy atom. The second-order valence-electron chi connectivity index (χ2n) is 5.15. The van der Waals surface area contributed by atoms with Crippen molar-refractivity contribution in [1.29, 1.82) is 0 Å². The van der Waals surface area contributed by atoms with E-state index in [4.69, 9.17) is 15.2 Å². The lowest BCUT2D eigenvalue weighted by Gasteiger charge is -2.36. The third-order valence-electron chi connectivity index (χ3n) is 2.55. The van der Waals surface area contributed by atoms with Crippen molar-refractivity contribution in [3.05, 3.63) is 0 Å². The van der Waals surface area contributed by atoms with Crippen LogP contribution in [0.5, 0.6) is 0 Å².